The molecular formula is C28H44ClF2N3O3. The third-order valence-corrected chi connectivity index (χ3v) is 8.51. The van der Waals surface area contributed by atoms with E-state index in [-0.39, 0.29) is 30.6 Å². The number of ether oxygens (including phenoxy) is 1. The number of halogens is 3. The number of nitrogens with one attached hydrogen (secondary N) is 2. The fraction of sp³-hybridized carbons (Fsp3) is 0.750. The summed E-state index contributed by atoms with van der Waals surface area (Å²) in [7, 11) is 3.50. The number of carbonyl (C=O) groups is 1. The van der Waals surface area contributed by atoms with Crippen molar-refractivity contribution >= 4 is 17.6 Å². The van der Waals surface area contributed by atoms with Crippen LogP contribution in [0.25, 0.3) is 0 Å². The molecule has 210 valence electrons. The molecule has 3 N–H and O–H groups in total. The van der Waals surface area contributed by atoms with Gasteiger partial charge in [-0.3, -0.25) is 0 Å². The number of hydrogen-bond donors (Lipinski definition) is 3. The van der Waals surface area contributed by atoms with Crippen LogP contribution >= 0.6 is 11.6 Å². The Bertz CT molecular complexity index is 871. The second kappa shape index (κ2) is 14.6. The molecule has 37 heavy (non-hydrogen) atoms. The van der Waals surface area contributed by atoms with Gasteiger partial charge in [0.05, 0.1) is 5.60 Å². The lowest BCUT2D eigenvalue weighted by molar-refractivity contribution is -0.0588. The molecule has 0 bridgehead atoms. The molecule has 1 saturated heterocycles. The van der Waals surface area contributed by atoms with Gasteiger partial charge in [-0.15, -0.1) is 0 Å². The molecule has 2 fully saturated rings. The van der Waals surface area contributed by atoms with E-state index < -0.39 is 28.2 Å². The van der Waals surface area contributed by atoms with Gasteiger partial charge < -0.3 is 25.4 Å². The monoisotopic (exact) mass is 543 g/mol. The van der Waals surface area contributed by atoms with Gasteiger partial charge in [0, 0.05) is 50.9 Å². The largest absolute Gasteiger partial charge is 0.385 e. The Kier molecular flexibility index (Phi) is 11.9. The molecule has 0 spiro atoms. The highest BCUT2D eigenvalue weighted by atomic mass is 35.5. The minimum Gasteiger partial charge on any atom is -0.385 e. The fourth-order valence-corrected chi connectivity index (χ4v) is 6.31. The molecule has 1 saturated carbocycles. The number of methoxy groups -OCH3 is 1. The Morgan fingerprint density at radius 1 is 1.22 bits per heavy atom. The number of amides is 2. The van der Waals surface area contributed by atoms with E-state index in [0.29, 0.717) is 51.3 Å². The maximum absolute atomic E-state index is 15.2. The van der Waals surface area contributed by atoms with E-state index in [0.717, 1.165) is 12.5 Å². The highest BCUT2D eigenvalue weighted by Crippen LogP contribution is 2.42. The van der Waals surface area contributed by atoms with Crippen LogP contribution < -0.4 is 10.6 Å². The molecule has 1 aliphatic carbocycles. The van der Waals surface area contributed by atoms with Gasteiger partial charge in [0.25, 0.3) is 0 Å². The Labute approximate surface area is 225 Å². The molecule has 6 nitrogen and oxygen atoms in total. The first kappa shape index (κ1) is 30.1. The van der Waals surface area contributed by atoms with Crippen LogP contribution in [0.3, 0.4) is 0 Å². The standard InChI is InChI=1S/C28H44ClF2N3O3/c1-32-18-22(17-20-9-4-3-5-10-20)33-27(35)34-15-8-11-21(19-34)28(36,14-6-7-16-37-2)23-12-13-24(30)25(29)26(23)31/h12-13,20-22,32,36H,3-11,14-19H2,1-2H3,(H,33,35). The van der Waals surface area contributed by atoms with Crippen molar-refractivity contribution in [1.82, 2.24) is 15.5 Å². The van der Waals surface area contributed by atoms with Crippen molar-refractivity contribution in [2.45, 2.75) is 82.3 Å². The zero-order valence-electron chi connectivity index (χ0n) is 22.3. The third kappa shape index (κ3) is 8.01. The number of piperidine rings is 1. The van der Waals surface area contributed by atoms with Crippen molar-refractivity contribution in [2.75, 3.05) is 40.4 Å². The lowest BCUT2D eigenvalue weighted by Gasteiger charge is -2.43. The molecule has 9 heteroatoms. The van der Waals surface area contributed by atoms with Gasteiger partial charge in [-0.25, -0.2) is 13.6 Å². The number of unbranched alkanes of at least 4 members (excludes halogenated alkanes) is 1. The van der Waals surface area contributed by atoms with Gasteiger partial charge in [-0.2, -0.15) is 0 Å². The lowest BCUT2D eigenvalue weighted by atomic mass is 9.74. The molecule has 2 amide bonds. The number of benzene rings is 1. The van der Waals surface area contributed by atoms with E-state index >= 15 is 4.39 Å². The first-order chi connectivity index (χ1) is 17.8. The number of carbonyl (C=O) groups excluding carboxylic acids is 1. The van der Waals surface area contributed by atoms with Crippen molar-refractivity contribution < 1.29 is 23.4 Å². The zero-order valence-corrected chi connectivity index (χ0v) is 23.1. The second-order valence-corrected chi connectivity index (χ2v) is 11.2. The van der Waals surface area contributed by atoms with E-state index in [1.54, 1.807) is 12.0 Å². The van der Waals surface area contributed by atoms with E-state index in [2.05, 4.69) is 10.6 Å². The molecule has 1 aliphatic heterocycles. The highest BCUT2D eigenvalue weighted by molar-refractivity contribution is 6.31. The van der Waals surface area contributed by atoms with Crippen LogP contribution in [0.1, 0.15) is 76.2 Å². The topological polar surface area (TPSA) is 73.8 Å². The zero-order chi connectivity index (χ0) is 26.8. The number of urea groups is 1. The molecule has 0 aromatic heterocycles. The molecule has 3 unspecified atom stereocenters. The summed E-state index contributed by atoms with van der Waals surface area (Å²) in [6.45, 7) is 2.08. The van der Waals surface area contributed by atoms with Gasteiger partial charge in [0.2, 0.25) is 0 Å². The van der Waals surface area contributed by atoms with Gasteiger partial charge in [0.15, 0.2) is 5.82 Å². The maximum atomic E-state index is 15.2. The Balaban J connectivity index is 1.74. The fourth-order valence-electron chi connectivity index (χ4n) is 6.14. The Hall–Kier alpha value is -1.48. The van der Waals surface area contributed by atoms with Gasteiger partial charge >= 0.3 is 6.03 Å². The van der Waals surface area contributed by atoms with Gasteiger partial charge in [-0.1, -0.05) is 49.8 Å². The van der Waals surface area contributed by atoms with Crippen molar-refractivity contribution in [3.63, 3.8) is 0 Å². The smallest absolute Gasteiger partial charge is 0.317 e. The number of aliphatic hydroxyl groups is 1. The average molecular weight is 544 g/mol. The van der Waals surface area contributed by atoms with E-state index in [1.165, 1.54) is 38.2 Å². The summed E-state index contributed by atoms with van der Waals surface area (Å²) >= 11 is 5.90. The Morgan fingerprint density at radius 3 is 2.68 bits per heavy atom. The summed E-state index contributed by atoms with van der Waals surface area (Å²) in [6.07, 6.45) is 10.0. The van der Waals surface area contributed by atoms with Gasteiger partial charge in [-0.05, 0) is 57.6 Å². The maximum Gasteiger partial charge on any atom is 0.317 e. The van der Waals surface area contributed by atoms with Crippen LogP contribution in [0.2, 0.25) is 5.02 Å². The predicted molar refractivity (Wildman–Crippen MR) is 143 cm³/mol. The lowest BCUT2D eigenvalue weighted by Crippen LogP contribution is -2.54. The minimum atomic E-state index is -1.58. The molecule has 2 aliphatic rings. The molecule has 1 aromatic carbocycles. The van der Waals surface area contributed by atoms with Crippen LogP contribution in [0.5, 0.6) is 0 Å². The number of hydrogen-bond acceptors (Lipinski definition) is 4. The number of likely N-dealkylation sites (N-methyl/N-ethyl adjacent to an activating group) is 1. The van der Waals surface area contributed by atoms with E-state index in [4.69, 9.17) is 16.3 Å². The number of nitrogens with zero attached hydrogens (tertiary/aromatic N) is 1. The van der Waals surface area contributed by atoms with Crippen molar-refractivity contribution in [3.05, 3.63) is 34.4 Å². The summed E-state index contributed by atoms with van der Waals surface area (Å²) in [4.78, 5) is 15.1. The highest BCUT2D eigenvalue weighted by Gasteiger charge is 2.43. The van der Waals surface area contributed by atoms with Crippen LogP contribution in [0, 0.1) is 23.5 Å². The van der Waals surface area contributed by atoms with Crippen LogP contribution in [0.4, 0.5) is 13.6 Å². The third-order valence-electron chi connectivity index (χ3n) is 8.16. The predicted octanol–water partition coefficient (Wildman–Crippen LogP) is 5.60. The second-order valence-electron chi connectivity index (χ2n) is 10.8. The van der Waals surface area contributed by atoms with Crippen molar-refractivity contribution in [3.8, 4) is 0 Å². The summed E-state index contributed by atoms with van der Waals surface area (Å²) in [5, 5.41) is 17.8. The molecule has 1 heterocycles. The molecule has 3 rings (SSSR count). The Morgan fingerprint density at radius 2 is 1.97 bits per heavy atom. The number of likely N-dealkylation sites (tertiary alicyclic amines) is 1. The first-order valence-electron chi connectivity index (χ1n) is 13.9. The number of rotatable bonds is 12. The van der Waals surface area contributed by atoms with Crippen LogP contribution in [-0.2, 0) is 10.3 Å². The van der Waals surface area contributed by atoms with Gasteiger partial charge in [0.1, 0.15) is 10.8 Å². The summed E-state index contributed by atoms with van der Waals surface area (Å²) in [6, 6.07) is 2.27. The van der Waals surface area contributed by atoms with E-state index in [9.17, 15) is 14.3 Å². The van der Waals surface area contributed by atoms with E-state index in [1.807, 2.05) is 7.05 Å². The van der Waals surface area contributed by atoms with Crippen LogP contribution in [-0.4, -0.2) is 62.5 Å². The SMILES string of the molecule is CNCC(CC1CCCCC1)NC(=O)N1CCCC(C(O)(CCCCOC)c2ccc(F)c(Cl)c2F)C1. The minimum absolute atomic E-state index is 0.00562. The molecule has 3 atom stereocenters. The van der Waals surface area contributed by atoms with Crippen molar-refractivity contribution in [2.24, 2.45) is 11.8 Å². The normalized spacial score (nSPS) is 21.5. The quantitative estimate of drug-likeness (QED) is 0.237. The summed E-state index contributed by atoms with van der Waals surface area (Å²) < 4.78 is 34.2. The molecular weight excluding hydrogens is 500 g/mol. The summed E-state index contributed by atoms with van der Waals surface area (Å²) in [5.41, 5.74) is -1.59. The molecule has 0 radical (unpaired) electrons. The van der Waals surface area contributed by atoms with Crippen LogP contribution in [0.15, 0.2) is 12.1 Å². The summed E-state index contributed by atoms with van der Waals surface area (Å²) in [5.74, 6) is -1.57. The molecule has 1 aromatic rings. The first-order valence-corrected chi connectivity index (χ1v) is 14.2. The average Bonchev–Trinajstić information content (AvgIpc) is 2.90. The van der Waals surface area contributed by atoms with Crippen molar-refractivity contribution in [1.29, 1.82) is 0 Å².